The monoisotopic (exact) mass is 235 g/mol. The van der Waals surface area contributed by atoms with Crippen LogP contribution in [0.15, 0.2) is 24.3 Å². The molecule has 0 unspecified atom stereocenters. The Morgan fingerprint density at radius 1 is 1.35 bits per heavy atom. The van der Waals surface area contributed by atoms with Gasteiger partial charge in [0, 0.05) is 0 Å². The van der Waals surface area contributed by atoms with Crippen LogP contribution < -0.4 is 0 Å². The van der Waals surface area contributed by atoms with Crippen LogP contribution in [0.3, 0.4) is 0 Å². The minimum absolute atomic E-state index is 0.205. The number of hydrogen-bond donors (Lipinski definition) is 1. The highest BCUT2D eigenvalue weighted by molar-refractivity contribution is 5.75. The van der Waals surface area contributed by atoms with Crippen molar-refractivity contribution in [2.24, 2.45) is 5.41 Å². The van der Waals surface area contributed by atoms with Gasteiger partial charge in [-0.2, -0.15) is 0 Å². The minimum atomic E-state index is -0.463. The van der Waals surface area contributed by atoms with Gasteiger partial charge in [0.2, 0.25) is 0 Å². The Morgan fingerprint density at radius 3 is 2.59 bits per heavy atom. The van der Waals surface area contributed by atoms with Crippen molar-refractivity contribution in [1.29, 1.82) is 0 Å². The summed E-state index contributed by atoms with van der Waals surface area (Å²) in [6, 6.07) is 7.08. The van der Waals surface area contributed by atoms with E-state index in [4.69, 9.17) is 4.74 Å². The number of ether oxygens (including phenoxy) is 1. The second kappa shape index (κ2) is 5.71. The van der Waals surface area contributed by atoms with Crippen molar-refractivity contribution in [3.05, 3.63) is 36.2 Å². The molecular weight excluding hydrogens is 216 g/mol. The average molecular weight is 235 g/mol. The number of phenols is 1. The first-order valence-electron chi connectivity index (χ1n) is 5.69. The summed E-state index contributed by atoms with van der Waals surface area (Å²) >= 11 is 0. The average Bonchev–Trinajstić information content (AvgIpc) is 2.25. The van der Waals surface area contributed by atoms with E-state index in [0.717, 1.165) is 5.56 Å². The highest BCUT2D eigenvalue weighted by Crippen LogP contribution is 2.19. The van der Waals surface area contributed by atoms with Crippen molar-refractivity contribution in [2.45, 2.75) is 27.2 Å². The van der Waals surface area contributed by atoms with Gasteiger partial charge in [-0.05, 0) is 45.2 Å². The zero-order chi connectivity index (χ0) is 12.9. The summed E-state index contributed by atoms with van der Waals surface area (Å²) in [6.07, 6.45) is 2.45. The Labute approximate surface area is 102 Å². The summed E-state index contributed by atoms with van der Waals surface area (Å²) < 4.78 is 5.12. The van der Waals surface area contributed by atoms with Gasteiger partial charge >= 0.3 is 5.97 Å². The van der Waals surface area contributed by atoms with E-state index >= 15 is 0 Å². The van der Waals surface area contributed by atoms with E-state index in [1.807, 2.05) is 39.3 Å². The van der Waals surface area contributed by atoms with Crippen molar-refractivity contribution in [1.82, 2.24) is 0 Å². The topological polar surface area (TPSA) is 46.5 Å². The summed E-state index contributed by atoms with van der Waals surface area (Å²) in [6.45, 7) is 5.80. The lowest BCUT2D eigenvalue weighted by atomic mass is 9.97. The van der Waals surface area contributed by atoms with Crippen LogP contribution in [0.25, 0.3) is 0 Å². The molecule has 0 aliphatic heterocycles. The Kier molecular flexibility index (Phi) is 4.55. The molecule has 0 spiro atoms. The van der Waals surface area contributed by atoms with E-state index in [-0.39, 0.29) is 11.7 Å². The first kappa shape index (κ1) is 13.6. The van der Waals surface area contributed by atoms with E-state index in [1.54, 1.807) is 12.1 Å². The van der Waals surface area contributed by atoms with Crippen LogP contribution in [-0.4, -0.2) is 17.7 Å². The molecule has 0 saturated carbocycles. The predicted molar refractivity (Wildman–Crippen MR) is 66.5 cm³/mol. The molecule has 1 N–H and O–H groups in total. The van der Waals surface area contributed by atoms with Crippen molar-refractivity contribution in [2.75, 3.05) is 6.61 Å². The molecule has 0 aliphatic carbocycles. The number of carbonyl (C=O) groups excluding carboxylic acids is 1. The van der Waals surface area contributed by atoms with Gasteiger partial charge in [0.05, 0.1) is 12.0 Å². The summed E-state index contributed by atoms with van der Waals surface area (Å²) in [7, 11) is 0. The third-order valence-corrected chi connectivity index (χ3v) is 2.26. The molecule has 1 radical (unpaired) electrons. The number of aromatic hydroxyl groups is 1. The molecule has 17 heavy (non-hydrogen) atoms. The zero-order valence-electron chi connectivity index (χ0n) is 10.6. The summed E-state index contributed by atoms with van der Waals surface area (Å²) in [4.78, 5) is 11.5. The maximum absolute atomic E-state index is 11.5. The maximum Gasteiger partial charge on any atom is 0.311 e. The standard InChI is InChI=1S/C14H19O3/c1-14(2,3)13(16)17-10-6-8-11-7-4-5-9-12(11)15/h4-5,7-9,15H,6,10H2,1-3H3. The Bertz CT molecular complexity index is 377. The molecule has 0 saturated heterocycles. The molecule has 1 rings (SSSR count). The van der Waals surface area contributed by atoms with Crippen LogP contribution in [0.4, 0.5) is 0 Å². The van der Waals surface area contributed by atoms with Crippen molar-refractivity contribution in [3.8, 4) is 5.75 Å². The zero-order valence-corrected chi connectivity index (χ0v) is 10.6. The number of carbonyl (C=O) groups is 1. The van der Waals surface area contributed by atoms with Crippen LogP contribution in [0.5, 0.6) is 5.75 Å². The molecule has 0 heterocycles. The summed E-state index contributed by atoms with van der Waals surface area (Å²) in [5.41, 5.74) is 0.300. The number of para-hydroxylation sites is 1. The number of rotatable bonds is 4. The molecule has 0 amide bonds. The van der Waals surface area contributed by atoms with E-state index in [0.29, 0.717) is 13.0 Å². The molecular formula is C14H19O3. The second-order valence-electron chi connectivity index (χ2n) is 4.94. The fourth-order valence-electron chi connectivity index (χ4n) is 1.24. The smallest absolute Gasteiger partial charge is 0.311 e. The molecule has 3 nitrogen and oxygen atoms in total. The third kappa shape index (κ3) is 4.47. The fourth-order valence-corrected chi connectivity index (χ4v) is 1.24. The molecule has 0 fully saturated rings. The molecule has 1 aromatic carbocycles. The van der Waals surface area contributed by atoms with Gasteiger partial charge in [0.25, 0.3) is 0 Å². The van der Waals surface area contributed by atoms with E-state index < -0.39 is 5.41 Å². The number of esters is 1. The number of benzene rings is 1. The van der Waals surface area contributed by atoms with Gasteiger partial charge in [-0.15, -0.1) is 0 Å². The third-order valence-electron chi connectivity index (χ3n) is 2.26. The van der Waals surface area contributed by atoms with E-state index in [1.165, 1.54) is 0 Å². The molecule has 0 atom stereocenters. The van der Waals surface area contributed by atoms with Gasteiger partial charge in [-0.1, -0.05) is 18.2 Å². The lowest BCUT2D eigenvalue weighted by Crippen LogP contribution is -2.23. The molecule has 0 aliphatic rings. The Hall–Kier alpha value is -1.51. The highest BCUT2D eigenvalue weighted by atomic mass is 16.5. The summed E-state index contributed by atoms with van der Waals surface area (Å²) in [5, 5.41) is 9.51. The van der Waals surface area contributed by atoms with Gasteiger partial charge in [-0.3, -0.25) is 4.79 Å². The molecule has 1 aromatic rings. The second-order valence-corrected chi connectivity index (χ2v) is 4.94. The van der Waals surface area contributed by atoms with Crippen LogP contribution in [0.1, 0.15) is 32.8 Å². The highest BCUT2D eigenvalue weighted by Gasteiger charge is 2.22. The first-order chi connectivity index (χ1) is 7.91. The number of phenolic OH excluding ortho intramolecular Hbond substituents is 1. The molecule has 0 bridgehead atoms. The Morgan fingerprint density at radius 2 is 2.00 bits per heavy atom. The molecule has 0 aromatic heterocycles. The largest absolute Gasteiger partial charge is 0.508 e. The van der Waals surface area contributed by atoms with Crippen molar-refractivity contribution < 1.29 is 14.6 Å². The van der Waals surface area contributed by atoms with Crippen molar-refractivity contribution >= 4 is 5.97 Å². The van der Waals surface area contributed by atoms with E-state index in [2.05, 4.69) is 0 Å². The van der Waals surface area contributed by atoms with Crippen LogP contribution in [0, 0.1) is 11.8 Å². The van der Waals surface area contributed by atoms with Crippen LogP contribution in [0.2, 0.25) is 0 Å². The maximum atomic E-state index is 11.5. The van der Waals surface area contributed by atoms with Gasteiger partial charge in [0.15, 0.2) is 0 Å². The SMILES string of the molecule is CC(C)(C)C(=O)OCC[CH]c1ccccc1O. The van der Waals surface area contributed by atoms with Crippen LogP contribution in [-0.2, 0) is 9.53 Å². The minimum Gasteiger partial charge on any atom is -0.508 e. The normalized spacial score (nSPS) is 11.2. The Balaban J connectivity index is 2.30. The van der Waals surface area contributed by atoms with Gasteiger partial charge in [-0.25, -0.2) is 0 Å². The van der Waals surface area contributed by atoms with Crippen molar-refractivity contribution in [3.63, 3.8) is 0 Å². The summed E-state index contributed by atoms with van der Waals surface area (Å²) in [5.74, 6) is 0.0397. The number of hydrogen-bond acceptors (Lipinski definition) is 3. The predicted octanol–water partition coefficient (Wildman–Crippen LogP) is 2.92. The molecule has 3 heteroatoms. The van der Waals surface area contributed by atoms with Gasteiger partial charge < -0.3 is 9.84 Å². The molecule has 93 valence electrons. The van der Waals surface area contributed by atoms with Crippen LogP contribution >= 0.6 is 0 Å². The van der Waals surface area contributed by atoms with Gasteiger partial charge in [0.1, 0.15) is 5.75 Å². The first-order valence-corrected chi connectivity index (χ1v) is 5.69. The lowest BCUT2D eigenvalue weighted by molar-refractivity contribution is -0.152. The lowest BCUT2D eigenvalue weighted by Gasteiger charge is -2.16. The fraction of sp³-hybridized carbons (Fsp3) is 0.429. The van der Waals surface area contributed by atoms with E-state index in [9.17, 15) is 9.90 Å². The quantitative estimate of drug-likeness (QED) is 0.644.